The molecule has 2 aliphatic rings. The number of aromatic nitrogens is 3. The first-order valence-corrected chi connectivity index (χ1v) is 13.5. The third kappa shape index (κ3) is 4.81. The summed E-state index contributed by atoms with van der Waals surface area (Å²) in [6.07, 6.45) is 8.59. The molecule has 0 bridgehead atoms. The summed E-state index contributed by atoms with van der Waals surface area (Å²) >= 11 is 0. The SMILES string of the molecule is C[C@@H]1CN(C2CCC(n3cc(-c4ccc(Oc5ccccc5)cc4)c4c(N)ncnc43)CC2)CCN1C. The lowest BCUT2D eigenvalue weighted by Crippen LogP contribution is -2.54. The van der Waals surface area contributed by atoms with Crippen molar-refractivity contribution in [2.75, 3.05) is 32.4 Å². The fraction of sp³-hybridized carbons (Fsp3) is 0.400. The lowest BCUT2D eigenvalue weighted by atomic mass is 9.89. The van der Waals surface area contributed by atoms with Crippen molar-refractivity contribution in [2.45, 2.75) is 50.7 Å². The molecule has 1 aliphatic heterocycles. The van der Waals surface area contributed by atoms with E-state index in [0.717, 1.165) is 53.0 Å². The van der Waals surface area contributed by atoms with Crippen molar-refractivity contribution < 1.29 is 4.74 Å². The third-order valence-corrected chi connectivity index (χ3v) is 8.35. The highest BCUT2D eigenvalue weighted by Crippen LogP contribution is 2.39. The average Bonchev–Trinajstić information content (AvgIpc) is 3.32. The van der Waals surface area contributed by atoms with Gasteiger partial charge < -0.3 is 19.9 Å². The molecule has 0 radical (unpaired) electrons. The van der Waals surface area contributed by atoms with Gasteiger partial charge in [0.25, 0.3) is 0 Å². The number of nitrogens with two attached hydrogens (primary N) is 1. The molecule has 2 aromatic carbocycles. The van der Waals surface area contributed by atoms with Gasteiger partial charge in [-0.25, -0.2) is 9.97 Å². The number of nitrogens with zero attached hydrogens (tertiary/aromatic N) is 5. The van der Waals surface area contributed by atoms with Crippen LogP contribution in [0.3, 0.4) is 0 Å². The molecule has 7 heteroatoms. The van der Waals surface area contributed by atoms with E-state index in [2.05, 4.69) is 51.7 Å². The van der Waals surface area contributed by atoms with Crippen molar-refractivity contribution in [2.24, 2.45) is 0 Å². The summed E-state index contributed by atoms with van der Waals surface area (Å²) in [5, 5.41) is 0.939. The van der Waals surface area contributed by atoms with Crippen molar-refractivity contribution in [3.05, 3.63) is 67.1 Å². The molecule has 1 aliphatic carbocycles. The minimum Gasteiger partial charge on any atom is -0.457 e. The molecule has 1 saturated carbocycles. The number of likely N-dealkylation sites (N-methyl/N-ethyl adjacent to an activating group) is 1. The van der Waals surface area contributed by atoms with Crippen LogP contribution in [0.25, 0.3) is 22.2 Å². The molecule has 1 saturated heterocycles. The van der Waals surface area contributed by atoms with E-state index in [1.807, 2.05) is 42.5 Å². The normalized spacial score (nSPS) is 23.4. The van der Waals surface area contributed by atoms with E-state index in [1.54, 1.807) is 6.33 Å². The van der Waals surface area contributed by atoms with Crippen molar-refractivity contribution in [3.63, 3.8) is 0 Å². The number of rotatable bonds is 5. The summed E-state index contributed by atoms with van der Waals surface area (Å²) in [4.78, 5) is 14.2. The fourth-order valence-electron chi connectivity index (χ4n) is 6.04. The molecule has 0 amide bonds. The predicted molar refractivity (Wildman–Crippen MR) is 149 cm³/mol. The van der Waals surface area contributed by atoms with Crippen LogP contribution >= 0.6 is 0 Å². The number of benzene rings is 2. The number of hydrogen-bond acceptors (Lipinski definition) is 6. The minimum absolute atomic E-state index is 0.423. The van der Waals surface area contributed by atoms with E-state index in [1.165, 1.54) is 25.9 Å². The van der Waals surface area contributed by atoms with Crippen molar-refractivity contribution in [3.8, 4) is 22.6 Å². The van der Waals surface area contributed by atoms with Crippen LogP contribution < -0.4 is 10.5 Å². The Bertz CT molecular complexity index is 1340. The first-order chi connectivity index (χ1) is 18.1. The molecule has 0 spiro atoms. The Kier molecular flexibility index (Phi) is 6.57. The van der Waals surface area contributed by atoms with Crippen LogP contribution in [0.1, 0.15) is 38.6 Å². The van der Waals surface area contributed by atoms with Gasteiger partial charge in [-0.05, 0) is 69.5 Å². The largest absolute Gasteiger partial charge is 0.457 e. The van der Waals surface area contributed by atoms with Gasteiger partial charge in [-0.1, -0.05) is 30.3 Å². The third-order valence-electron chi connectivity index (χ3n) is 8.35. The topological polar surface area (TPSA) is 72.4 Å². The van der Waals surface area contributed by atoms with E-state index < -0.39 is 0 Å². The van der Waals surface area contributed by atoms with E-state index in [-0.39, 0.29) is 0 Å². The predicted octanol–water partition coefficient (Wildman–Crippen LogP) is 5.59. The van der Waals surface area contributed by atoms with Crippen LogP contribution in [-0.4, -0.2) is 63.1 Å². The first-order valence-electron chi connectivity index (χ1n) is 13.5. The summed E-state index contributed by atoms with van der Waals surface area (Å²) in [6, 6.07) is 19.8. The van der Waals surface area contributed by atoms with Gasteiger partial charge >= 0.3 is 0 Å². The molecule has 2 fully saturated rings. The zero-order valence-electron chi connectivity index (χ0n) is 21.8. The zero-order valence-corrected chi connectivity index (χ0v) is 21.8. The Morgan fingerprint density at radius 1 is 0.865 bits per heavy atom. The molecule has 4 aromatic rings. The molecule has 2 aromatic heterocycles. The summed E-state index contributed by atoms with van der Waals surface area (Å²) in [7, 11) is 2.24. The maximum Gasteiger partial charge on any atom is 0.146 e. The summed E-state index contributed by atoms with van der Waals surface area (Å²) in [6.45, 7) is 5.87. The van der Waals surface area contributed by atoms with Crippen molar-refractivity contribution in [1.29, 1.82) is 0 Å². The second-order valence-corrected chi connectivity index (χ2v) is 10.6. The second-order valence-electron chi connectivity index (χ2n) is 10.6. The number of para-hydroxylation sites is 1. The van der Waals surface area contributed by atoms with Crippen LogP contribution in [0, 0.1) is 0 Å². The molecule has 3 heterocycles. The van der Waals surface area contributed by atoms with E-state index in [9.17, 15) is 0 Å². The van der Waals surface area contributed by atoms with Crippen molar-refractivity contribution >= 4 is 16.9 Å². The van der Waals surface area contributed by atoms with Gasteiger partial charge in [-0.3, -0.25) is 4.90 Å². The number of nitrogen functional groups attached to an aromatic ring is 1. The van der Waals surface area contributed by atoms with Crippen LogP contribution in [0.15, 0.2) is 67.1 Å². The number of ether oxygens (including phenoxy) is 1. The standard InChI is InChI=1S/C30H36N6O/c1-21-18-35(17-16-34(21)2)23-10-12-24(13-11-23)36-19-27(28-29(31)32-20-33-30(28)36)22-8-14-26(15-9-22)37-25-6-4-3-5-7-25/h3-9,14-15,19-21,23-24H,10-13,16-18H2,1-2H3,(H2,31,32,33)/t21-,23?,24?/m1/s1. The molecule has 2 N–H and O–H groups in total. The Labute approximate surface area is 218 Å². The molecule has 1 atom stereocenters. The highest BCUT2D eigenvalue weighted by molar-refractivity contribution is 6.00. The second kappa shape index (κ2) is 10.1. The number of piperazine rings is 1. The molecule has 6 rings (SSSR count). The van der Waals surface area contributed by atoms with Gasteiger partial charge in [-0.15, -0.1) is 0 Å². The van der Waals surface area contributed by atoms with Crippen molar-refractivity contribution in [1.82, 2.24) is 24.3 Å². The average molecular weight is 497 g/mol. The zero-order chi connectivity index (χ0) is 25.4. The lowest BCUT2D eigenvalue weighted by Gasteiger charge is -2.44. The van der Waals surface area contributed by atoms with Gasteiger partial charge in [0.05, 0.1) is 5.39 Å². The van der Waals surface area contributed by atoms with Gasteiger partial charge in [0.15, 0.2) is 0 Å². The Morgan fingerprint density at radius 2 is 1.57 bits per heavy atom. The first kappa shape index (κ1) is 23.9. The van der Waals surface area contributed by atoms with E-state index >= 15 is 0 Å². The monoisotopic (exact) mass is 496 g/mol. The van der Waals surface area contributed by atoms with Gasteiger partial charge in [0.1, 0.15) is 29.3 Å². The summed E-state index contributed by atoms with van der Waals surface area (Å²) < 4.78 is 8.35. The highest BCUT2D eigenvalue weighted by Gasteiger charge is 2.31. The molecule has 192 valence electrons. The van der Waals surface area contributed by atoms with Crippen LogP contribution in [-0.2, 0) is 0 Å². The van der Waals surface area contributed by atoms with Gasteiger partial charge in [0.2, 0.25) is 0 Å². The number of hydrogen-bond donors (Lipinski definition) is 1. The fourth-order valence-corrected chi connectivity index (χ4v) is 6.04. The van der Waals surface area contributed by atoms with Gasteiger partial charge in [0, 0.05) is 49.5 Å². The minimum atomic E-state index is 0.423. The van der Waals surface area contributed by atoms with Gasteiger partial charge in [-0.2, -0.15) is 0 Å². The van der Waals surface area contributed by atoms with Crippen LogP contribution in [0.4, 0.5) is 5.82 Å². The molecular formula is C30H36N6O. The van der Waals surface area contributed by atoms with E-state index in [4.69, 9.17) is 15.5 Å². The Morgan fingerprint density at radius 3 is 2.30 bits per heavy atom. The lowest BCUT2D eigenvalue weighted by molar-refractivity contribution is 0.0519. The Hall–Kier alpha value is -3.42. The summed E-state index contributed by atoms with van der Waals surface area (Å²) in [5.41, 5.74) is 9.51. The number of anilines is 1. The maximum absolute atomic E-state index is 6.41. The highest BCUT2D eigenvalue weighted by atomic mass is 16.5. The Balaban J connectivity index is 1.23. The molecule has 37 heavy (non-hydrogen) atoms. The maximum atomic E-state index is 6.41. The van der Waals surface area contributed by atoms with E-state index in [0.29, 0.717) is 23.9 Å². The molecular weight excluding hydrogens is 460 g/mol. The summed E-state index contributed by atoms with van der Waals surface area (Å²) in [5.74, 6) is 2.16. The number of fused-ring (bicyclic) bond motifs is 1. The molecule has 7 nitrogen and oxygen atoms in total. The molecule has 0 unspecified atom stereocenters. The quantitative estimate of drug-likeness (QED) is 0.388. The smallest absolute Gasteiger partial charge is 0.146 e. The van der Waals surface area contributed by atoms with Crippen LogP contribution in [0.2, 0.25) is 0 Å². The van der Waals surface area contributed by atoms with Crippen LogP contribution in [0.5, 0.6) is 11.5 Å².